The van der Waals surface area contributed by atoms with Crippen LogP contribution in [0.3, 0.4) is 0 Å². The lowest BCUT2D eigenvalue weighted by molar-refractivity contribution is -0.133. The van der Waals surface area contributed by atoms with Crippen LogP contribution >= 0.6 is 0 Å². The molecule has 2 heterocycles. The average molecular weight is 377 g/mol. The van der Waals surface area contributed by atoms with E-state index in [1.165, 1.54) is 10.8 Å². The molecule has 0 aliphatic carbocycles. The Labute approximate surface area is 152 Å². The number of benzene rings is 1. The first-order chi connectivity index (χ1) is 12.2. The van der Waals surface area contributed by atoms with Crippen molar-refractivity contribution < 1.29 is 13.2 Å². The lowest BCUT2D eigenvalue weighted by Gasteiger charge is -2.32. The summed E-state index contributed by atoms with van der Waals surface area (Å²) < 4.78 is 24.5. The van der Waals surface area contributed by atoms with Crippen molar-refractivity contribution in [2.45, 2.75) is 26.3 Å². The van der Waals surface area contributed by atoms with Crippen LogP contribution in [0, 0.1) is 12.8 Å². The second-order valence-electron chi connectivity index (χ2n) is 7.02. The van der Waals surface area contributed by atoms with Gasteiger partial charge in [0.15, 0.2) is 0 Å². The van der Waals surface area contributed by atoms with Crippen molar-refractivity contribution in [3.63, 3.8) is 0 Å². The molecule has 1 aliphatic rings. The molecule has 7 nitrogen and oxygen atoms in total. The monoisotopic (exact) mass is 377 g/mol. The number of aryl methyl sites for hydroxylation is 1. The summed E-state index contributed by atoms with van der Waals surface area (Å²) in [5.74, 6) is -0.120. The van der Waals surface area contributed by atoms with Crippen LogP contribution in [0.25, 0.3) is 11.0 Å². The van der Waals surface area contributed by atoms with Crippen LogP contribution in [0.4, 0.5) is 0 Å². The molecule has 1 saturated heterocycles. The van der Waals surface area contributed by atoms with E-state index in [1.54, 1.807) is 17.9 Å². The molecule has 26 heavy (non-hydrogen) atoms. The molecule has 140 valence electrons. The minimum Gasteiger partial charge on any atom is -0.341 e. The fraction of sp³-hybridized carbons (Fsp3) is 0.500. The average Bonchev–Trinajstić information content (AvgIpc) is 2.57. The van der Waals surface area contributed by atoms with E-state index < -0.39 is 9.84 Å². The van der Waals surface area contributed by atoms with Gasteiger partial charge in [0.25, 0.3) is 5.56 Å². The number of hydrogen-bond donors (Lipinski definition) is 0. The Bertz CT molecular complexity index is 997. The zero-order valence-corrected chi connectivity index (χ0v) is 15.8. The summed E-state index contributed by atoms with van der Waals surface area (Å²) in [5.41, 5.74) is 1.37. The van der Waals surface area contributed by atoms with Gasteiger partial charge in [0.1, 0.15) is 22.1 Å². The highest BCUT2D eigenvalue weighted by molar-refractivity contribution is 7.90. The summed E-state index contributed by atoms with van der Waals surface area (Å²) in [6.07, 6.45) is 2.80. The number of carbonyl (C=O) groups excluding carboxylic acids is 1. The predicted octanol–water partition coefficient (Wildman–Crippen LogP) is 0.988. The van der Waals surface area contributed by atoms with Crippen molar-refractivity contribution in [3.05, 3.63) is 40.3 Å². The van der Waals surface area contributed by atoms with Crippen molar-refractivity contribution in [3.8, 4) is 0 Å². The van der Waals surface area contributed by atoms with E-state index in [9.17, 15) is 18.0 Å². The standard InChI is InChI=1S/C18H23N3O4S/c1-13-18(23)21(16-8-4-3-7-15(16)19-13)11-17(22)20-9-5-6-14(10-20)12-26(2,24)25/h3-4,7-8,14H,5-6,9-12H2,1-2H3/t14-/m0/s1. The van der Waals surface area contributed by atoms with Crippen molar-refractivity contribution in [1.29, 1.82) is 0 Å². The van der Waals surface area contributed by atoms with E-state index in [0.717, 1.165) is 12.8 Å². The quantitative estimate of drug-likeness (QED) is 0.793. The molecule has 0 spiro atoms. The SMILES string of the molecule is Cc1nc2ccccc2n(CC(=O)N2CCC[C@H](CS(C)(=O)=O)C2)c1=O. The Hall–Kier alpha value is -2.22. The molecule has 3 rings (SSSR count). The van der Waals surface area contributed by atoms with Gasteiger partial charge in [-0.2, -0.15) is 0 Å². The summed E-state index contributed by atoms with van der Waals surface area (Å²) in [7, 11) is -3.07. The predicted molar refractivity (Wildman–Crippen MR) is 99.8 cm³/mol. The topological polar surface area (TPSA) is 89.3 Å². The van der Waals surface area contributed by atoms with Gasteiger partial charge in [0.05, 0.1) is 16.8 Å². The third kappa shape index (κ3) is 4.12. The highest BCUT2D eigenvalue weighted by atomic mass is 32.2. The molecule has 1 fully saturated rings. The molecule has 1 atom stereocenters. The number of carbonyl (C=O) groups is 1. The van der Waals surface area contributed by atoms with Gasteiger partial charge in [-0.05, 0) is 37.8 Å². The molecule has 8 heteroatoms. The third-order valence-electron chi connectivity index (χ3n) is 4.72. The lowest BCUT2D eigenvalue weighted by atomic mass is 10.00. The molecule has 0 bridgehead atoms. The van der Waals surface area contributed by atoms with Crippen molar-refractivity contribution in [1.82, 2.24) is 14.5 Å². The number of para-hydroxylation sites is 2. The maximum atomic E-state index is 12.8. The molecule has 0 saturated carbocycles. The molecule has 0 unspecified atom stereocenters. The van der Waals surface area contributed by atoms with Gasteiger partial charge in [0.2, 0.25) is 5.91 Å². The maximum absolute atomic E-state index is 12.8. The minimum absolute atomic E-state index is 0.0460. The summed E-state index contributed by atoms with van der Waals surface area (Å²) in [6.45, 7) is 2.59. The van der Waals surface area contributed by atoms with E-state index >= 15 is 0 Å². The number of sulfone groups is 1. The Morgan fingerprint density at radius 1 is 1.31 bits per heavy atom. The number of rotatable bonds is 4. The summed E-state index contributed by atoms with van der Waals surface area (Å²) in [6, 6.07) is 7.24. The number of nitrogens with zero attached hydrogens (tertiary/aromatic N) is 3. The summed E-state index contributed by atoms with van der Waals surface area (Å²) in [5, 5.41) is 0. The Balaban J connectivity index is 1.83. The molecule has 1 aromatic heterocycles. The number of likely N-dealkylation sites (tertiary alicyclic amines) is 1. The third-order valence-corrected chi connectivity index (χ3v) is 5.80. The first-order valence-corrected chi connectivity index (χ1v) is 10.7. The highest BCUT2D eigenvalue weighted by Crippen LogP contribution is 2.19. The van der Waals surface area contributed by atoms with Gasteiger partial charge >= 0.3 is 0 Å². The maximum Gasteiger partial charge on any atom is 0.272 e. The molecule has 2 aromatic rings. The Morgan fingerprint density at radius 2 is 2.04 bits per heavy atom. The molecule has 1 aromatic carbocycles. The largest absolute Gasteiger partial charge is 0.341 e. The number of hydrogen-bond acceptors (Lipinski definition) is 5. The molecular weight excluding hydrogens is 354 g/mol. The first-order valence-electron chi connectivity index (χ1n) is 8.66. The zero-order chi connectivity index (χ0) is 18.9. The van der Waals surface area contributed by atoms with E-state index in [2.05, 4.69) is 4.98 Å². The molecular formula is C18H23N3O4S. The van der Waals surface area contributed by atoms with Gasteiger partial charge in [0, 0.05) is 19.3 Å². The van der Waals surface area contributed by atoms with E-state index in [-0.39, 0.29) is 29.7 Å². The van der Waals surface area contributed by atoms with Crippen LogP contribution in [0.1, 0.15) is 18.5 Å². The number of aromatic nitrogens is 2. The number of fused-ring (bicyclic) bond motifs is 1. The van der Waals surface area contributed by atoms with Gasteiger partial charge in [-0.25, -0.2) is 13.4 Å². The highest BCUT2D eigenvalue weighted by Gasteiger charge is 2.26. The van der Waals surface area contributed by atoms with Gasteiger partial charge in [-0.3, -0.25) is 14.2 Å². The van der Waals surface area contributed by atoms with Crippen LogP contribution in [0.2, 0.25) is 0 Å². The van der Waals surface area contributed by atoms with Crippen molar-refractivity contribution in [2.75, 3.05) is 25.1 Å². The van der Waals surface area contributed by atoms with Crippen LogP contribution in [-0.4, -0.2) is 53.9 Å². The summed E-state index contributed by atoms with van der Waals surface area (Å²) >= 11 is 0. The van der Waals surface area contributed by atoms with Crippen molar-refractivity contribution in [2.24, 2.45) is 5.92 Å². The Kier molecular flexibility index (Phi) is 5.13. The summed E-state index contributed by atoms with van der Waals surface area (Å²) in [4.78, 5) is 31.2. The molecule has 0 radical (unpaired) electrons. The smallest absolute Gasteiger partial charge is 0.272 e. The van der Waals surface area contributed by atoms with Crippen LogP contribution in [0.15, 0.2) is 29.1 Å². The number of piperidine rings is 1. The fourth-order valence-electron chi connectivity index (χ4n) is 3.57. The van der Waals surface area contributed by atoms with E-state index in [1.807, 2.05) is 18.2 Å². The second-order valence-corrected chi connectivity index (χ2v) is 9.20. The lowest BCUT2D eigenvalue weighted by Crippen LogP contribution is -2.44. The minimum atomic E-state index is -3.07. The fourth-order valence-corrected chi connectivity index (χ4v) is 4.70. The molecule has 1 amide bonds. The Morgan fingerprint density at radius 3 is 2.77 bits per heavy atom. The zero-order valence-electron chi connectivity index (χ0n) is 15.0. The second kappa shape index (κ2) is 7.19. The van der Waals surface area contributed by atoms with E-state index in [4.69, 9.17) is 0 Å². The van der Waals surface area contributed by atoms with Crippen LogP contribution < -0.4 is 5.56 Å². The van der Waals surface area contributed by atoms with E-state index in [0.29, 0.717) is 29.8 Å². The normalized spacial score (nSPS) is 18.2. The van der Waals surface area contributed by atoms with Crippen LogP contribution in [0.5, 0.6) is 0 Å². The number of amides is 1. The van der Waals surface area contributed by atoms with Crippen molar-refractivity contribution >= 4 is 26.8 Å². The van der Waals surface area contributed by atoms with Gasteiger partial charge in [-0.15, -0.1) is 0 Å². The van der Waals surface area contributed by atoms with Gasteiger partial charge in [-0.1, -0.05) is 12.1 Å². The molecule has 1 aliphatic heterocycles. The van der Waals surface area contributed by atoms with Gasteiger partial charge < -0.3 is 4.90 Å². The first kappa shape index (κ1) is 18.6. The molecule has 0 N–H and O–H groups in total. The van der Waals surface area contributed by atoms with Crippen LogP contribution in [-0.2, 0) is 21.2 Å².